The van der Waals surface area contributed by atoms with Gasteiger partial charge in [0, 0.05) is 0 Å². The largest absolute Gasteiger partial charge is 0.365 e. The predicted octanol–water partition coefficient (Wildman–Crippen LogP) is 3.94. The van der Waals surface area contributed by atoms with E-state index in [1.165, 1.54) is 5.57 Å². The van der Waals surface area contributed by atoms with Crippen LogP contribution in [-0.4, -0.2) is 11.2 Å². The van der Waals surface area contributed by atoms with Crippen LogP contribution in [0.15, 0.2) is 11.6 Å². The Balaban J connectivity index is 3.03. The van der Waals surface area contributed by atoms with Crippen LogP contribution in [0.3, 0.4) is 0 Å². The van der Waals surface area contributed by atoms with Gasteiger partial charge in [0.25, 0.3) is 0 Å². The van der Waals surface area contributed by atoms with Crippen LogP contribution in [0.25, 0.3) is 0 Å². The van der Waals surface area contributed by atoms with Crippen LogP contribution < -0.4 is 0 Å². The zero-order valence-corrected chi connectivity index (χ0v) is 10.7. The molecule has 0 aromatic heterocycles. The van der Waals surface area contributed by atoms with Crippen molar-refractivity contribution in [1.29, 1.82) is 0 Å². The second-order valence-electron chi connectivity index (χ2n) is 6.56. The van der Waals surface area contributed by atoms with Crippen LogP contribution >= 0.6 is 0 Å². The molecule has 1 aliphatic rings. The van der Waals surface area contributed by atoms with Gasteiger partial charge in [-0.15, -0.1) is 0 Å². The van der Waals surface area contributed by atoms with Crippen molar-refractivity contribution in [3.63, 3.8) is 0 Å². The lowest BCUT2D eigenvalue weighted by Gasteiger charge is -2.43. The Bertz CT molecular complexity index is 251. The van der Waals surface area contributed by atoms with E-state index in [1.807, 2.05) is 0 Å². The molecule has 1 rings (SSSR count). The highest BCUT2D eigenvalue weighted by atomic mass is 16.5. The SMILES string of the molecule is CC1(C)C=C(C(C)(C)C)CC(C)(C)O1. The van der Waals surface area contributed by atoms with E-state index in [0.717, 1.165) is 6.42 Å². The van der Waals surface area contributed by atoms with E-state index in [0.29, 0.717) is 0 Å². The van der Waals surface area contributed by atoms with Crippen molar-refractivity contribution in [2.75, 3.05) is 0 Å². The van der Waals surface area contributed by atoms with Crippen molar-refractivity contribution in [2.45, 2.75) is 66.1 Å². The third-order valence-corrected chi connectivity index (χ3v) is 2.64. The molecule has 0 radical (unpaired) electrons. The average Bonchev–Trinajstić information content (AvgIpc) is 1.76. The summed E-state index contributed by atoms with van der Waals surface area (Å²) in [6, 6.07) is 0. The van der Waals surface area contributed by atoms with Crippen LogP contribution in [0.2, 0.25) is 0 Å². The van der Waals surface area contributed by atoms with E-state index in [9.17, 15) is 0 Å². The Morgan fingerprint density at radius 2 is 1.64 bits per heavy atom. The standard InChI is InChI=1S/C13H24O/c1-11(2,3)10-8-12(4,5)14-13(6,7)9-10/h8H,9H2,1-7H3. The van der Waals surface area contributed by atoms with Gasteiger partial charge in [0.1, 0.15) is 0 Å². The Labute approximate surface area is 88.5 Å². The first-order valence-electron chi connectivity index (χ1n) is 5.44. The van der Waals surface area contributed by atoms with Gasteiger partial charge >= 0.3 is 0 Å². The molecule has 0 saturated carbocycles. The molecule has 0 saturated heterocycles. The van der Waals surface area contributed by atoms with Crippen molar-refractivity contribution >= 4 is 0 Å². The number of ether oxygens (including phenoxy) is 1. The lowest BCUT2D eigenvalue weighted by molar-refractivity contribution is -0.109. The molecule has 82 valence electrons. The summed E-state index contributed by atoms with van der Waals surface area (Å²) in [4.78, 5) is 0. The average molecular weight is 196 g/mol. The zero-order chi connectivity index (χ0) is 11.2. The Kier molecular flexibility index (Phi) is 2.60. The maximum Gasteiger partial charge on any atom is 0.0816 e. The van der Waals surface area contributed by atoms with E-state index in [2.05, 4.69) is 54.5 Å². The second kappa shape index (κ2) is 3.10. The van der Waals surface area contributed by atoms with Gasteiger partial charge in [0.2, 0.25) is 0 Å². The summed E-state index contributed by atoms with van der Waals surface area (Å²) < 4.78 is 6.01. The lowest BCUT2D eigenvalue weighted by Crippen LogP contribution is -2.41. The summed E-state index contributed by atoms with van der Waals surface area (Å²) in [5.41, 5.74) is 1.63. The van der Waals surface area contributed by atoms with Gasteiger partial charge < -0.3 is 4.74 Å². The number of hydrogen-bond acceptors (Lipinski definition) is 1. The number of hydrogen-bond donors (Lipinski definition) is 0. The Hall–Kier alpha value is -0.300. The van der Waals surface area contributed by atoms with Crippen molar-refractivity contribution in [1.82, 2.24) is 0 Å². The lowest BCUT2D eigenvalue weighted by atomic mass is 9.76. The summed E-state index contributed by atoms with van der Waals surface area (Å²) in [7, 11) is 0. The summed E-state index contributed by atoms with van der Waals surface area (Å²) in [6.45, 7) is 15.4. The monoisotopic (exact) mass is 196 g/mol. The first kappa shape index (κ1) is 11.8. The molecule has 1 heterocycles. The van der Waals surface area contributed by atoms with Gasteiger partial charge in [-0.25, -0.2) is 0 Å². The van der Waals surface area contributed by atoms with Crippen LogP contribution in [0.4, 0.5) is 0 Å². The van der Waals surface area contributed by atoms with Crippen LogP contribution in [0, 0.1) is 5.41 Å². The first-order valence-corrected chi connectivity index (χ1v) is 5.44. The van der Waals surface area contributed by atoms with Crippen molar-refractivity contribution in [3.05, 3.63) is 11.6 Å². The summed E-state index contributed by atoms with van der Waals surface area (Å²) >= 11 is 0. The fourth-order valence-corrected chi connectivity index (χ4v) is 2.19. The van der Waals surface area contributed by atoms with Gasteiger partial charge in [0.15, 0.2) is 0 Å². The van der Waals surface area contributed by atoms with Crippen LogP contribution in [0.5, 0.6) is 0 Å². The predicted molar refractivity (Wildman–Crippen MR) is 61.4 cm³/mol. The molecule has 0 aromatic rings. The van der Waals surface area contributed by atoms with E-state index in [1.54, 1.807) is 0 Å². The Morgan fingerprint density at radius 3 is 2.00 bits per heavy atom. The fraction of sp³-hybridized carbons (Fsp3) is 0.846. The normalized spacial score (nSPS) is 25.8. The van der Waals surface area contributed by atoms with Crippen molar-refractivity contribution in [3.8, 4) is 0 Å². The molecule has 0 unspecified atom stereocenters. The summed E-state index contributed by atoms with van der Waals surface area (Å²) in [6.07, 6.45) is 3.33. The van der Waals surface area contributed by atoms with Crippen LogP contribution in [-0.2, 0) is 4.74 Å². The molecule has 1 aliphatic heterocycles. The molecule has 0 atom stereocenters. The smallest absolute Gasteiger partial charge is 0.0816 e. The molecular weight excluding hydrogens is 172 g/mol. The van der Waals surface area contributed by atoms with Gasteiger partial charge in [-0.3, -0.25) is 0 Å². The van der Waals surface area contributed by atoms with E-state index in [4.69, 9.17) is 4.74 Å². The minimum absolute atomic E-state index is 0.0269. The third kappa shape index (κ3) is 2.84. The Morgan fingerprint density at radius 1 is 1.14 bits per heavy atom. The second-order valence-corrected chi connectivity index (χ2v) is 6.56. The highest BCUT2D eigenvalue weighted by Crippen LogP contribution is 2.41. The molecule has 0 aliphatic carbocycles. The van der Waals surface area contributed by atoms with E-state index in [-0.39, 0.29) is 16.6 Å². The maximum atomic E-state index is 6.01. The molecule has 1 heteroatoms. The van der Waals surface area contributed by atoms with Crippen molar-refractivity contribution in [2.24, 2.45) is 5.41 Å². The molecule has 0 N–H and O–H groups in total. The van der Waals surface area contributed by atoms with Crippen molar-refractivity contribution < 1.29 is 4.74 Å². The molecular formula is C13H24O. The van der Waals surface area contributed by atoms with Gasteiger partial charge in [-0.2, -0.15) is 0 Å². The molecule has 1 nitrogen and oxygen atoms in total. The molecule has 0 amide bonds. The highest BCUT2D eigenvalue weighted by Gasteiger charge is 2.36. The quantitative estimate of drug-likeness (QED) is 0.533. The topological polar surface area (TPSA) is 9.23 Å². The minimum Gasteiger partial charge on any atom is -0.365 e. The van der Waals surface area contributed by atoms with Gasteiger partial charge in [-0.1, -0.05) is 32.4 Å². The summed E-state index contributed by atoms with van der Waals surface area (Å²) in [5.74, 6) is 0. The van der Waals surface area contributed by atoms with E-state index >= 15 is 0 Å². The first-order chi connectivity index (χ1) is 6.02. The maximum absolute atomic E-state index is 6.01. The van der Waals surface area contributed by atoms with Crippen LogP contribution in [0.1, 0.15) is 54.9 Å². The van der Waals surface area contributed by atoms with Gasteiger partial charge in [0.05, 0.1) is 11.2 Å². The summed E-state index contributed by atoms with van der Waals surface area (Å²) in [5, 5.41) is 0. The molecule has 0 fully saturated rings. The zero-order valence-electron chi connectivity index (χ0n) is 10.7. The molecule has 0 aromatic carbocycles. The highest BCUT2D eigenvalue weighted by molar-refractivity contribution is 5.21. The van der Waals surface area contributed by atoms with E-state index < -0.39 is 0 Å². The minimum atomic E-state index is -0.121. The fourth-order valence-electron chi connectivity index (χ4n) is 2.19. The third-order valence-electron chi connectivity index (χ3n) is 2.64. The number of rotatable bonds is 0. The molecule has 14 heavy (non-hydrogen) atoms. The molecule has 0 spiro atoms. The molecule has 0 bridgehead atoms. The van der Waals surface area contributed by atoms with Gasteiger partial charge in [-0.05, 0) is 39.5 Å².